The van der Waals surface area contributed by atoms with Gasteiger partial charge < -0.3 is 4.98 Å². The average Bonchev–Trinajstić information content (AvgIpc) is 2.61. The van der Waals surface area contributed by atoms with E-state index in [0.29, 0.717) is 5.39 Å². The topological polar surface area (TPSA) is 88.0 Å². The van der Waals surface area contributed by atoms with Gasteiger partial charge in [0.05, 0.1) is 0 Å². The Bertz CT molecular complexity index is 559. The zero-order valence-electron chi connectivity index (χ0n) is 7.19. The summed E-state index contributed by atoms with van der Waals surface area (Å²) in [4.78, 5) is 4.80. The maximum atomic E-state index is 11.4. The van der Waals surface area contributed by atoms with Crippen LogP contribution in [0.15, 0.2) is 35.4 Å². The van der Waals surface area contributed by atoms with Crippen molar-refractivity contribution >= 4 is 20.9 Å². The zero-order valence-corrected chi connectivity index (χ0v) is 8.01. The maximum absolute atomic E-state index is 11.4. The third kappa shape index (κ3) is 1.29. The number of para-hydroxylation sites is 1. The molecule has 14 heavy (non-hydrogen) atoms. The van der Waals surface area contributed by atoms with Crippen molar-refractivity contribution < 1.29 is 8.42 Å². The van der Waals surface area contributed by atoms with Crippen molar-refractivity contribution in [3.8, 4) is 0 Å². The lowest BCUT2D eigenvalue weighted by Gasteiger charge is -1.98. The smallest absolute Gasteiger partial charge is 0.255 e. The number of hydrazine groups is 1. The Morgan fingerprint density at radius 2 is 2.00 bits per heavy atom. The van der Waals surface area contributed by atoms with Crippen molar-refractivity contribution in [3.05, 3.63) is 30.5 Å². The van der Waals surface area contributed by atoms with Crippen molar-refractivity contribution in [1.82, 2.24) is 9.82 Å². The van der Waals surface area contributed by atoms with Gasteiger partial charge in [0.15, 0.2) is 0 Å². The molecule has 0 aliphatic heterocycles. The summed E-state index contributed by atoms with van der Waals surface area (Å²) in [6.07, 6.45) is 1.42. The van der Waals surface area contributed by atoms with Crippen molar-refractivity contribution in [2.45, 2.75) is 4.90 Å². The molecule has 2 aromatic rings. The van der Waals surface area contributed by atoms with E-state index in [4.69, 9.17) is 5.84 Å². The highest BCUT2D eigenvalue weighted by atomic mass is 32.2. The second-order valence-electron chi connectivity index (χ2n) is 2.82. The van der Waals surface area contributed by atoms with Crippen LogP contribution in [0.4, 0.5) is 0 Å². The molecule has 0 fully saturated rings. The van der Waals surface area contributed by atoms with Gasteiger partial charge in [0.2, 0.25) is 0 Å². The highest BCUT2D eigenvalue weighted by Gasteiger charge is 2.16. The molecule has 0 aliphatic rings. The molecule has 0 saturated heterocycles. The lowest BCUT2D eigenvalue weighted by Crippen LogP contribution is -2.29. The number of hydrogen-bond donors (Lipinski definition) is 3. The molecular weight excluding hydrogens is 202 g/mol. The van der Waals surface area contributed by atoms with Crippen LogP contribution in [-0.2, 0) is 10.0 Å². The zero-order chi connectivity index (χ0) is 10.2. The van der Waals surface area contributed by atoms with Crippen molar-refractivity contribution in [1.29, 1.82) is 0 Å². The quantitative estimate of drug-likeness (QED) is 0.493. The Balaban J connectivity index is 2.77. The van der Waals surface area contributed by atoms with E-state index in [1.807, 2.05) is 6.07 Å². The summed E-state index contributed by atoms with van der Waals surface area (Å²) in [5, 5.41) is 0.630. The van der Waals surface area contributed by atoms with Crippen LogP contribution < -0.4 is 10.7 Å². The van der Waals surface area contributed by atoms with Crippen LogP contribution in [0.5, 0.6) is 0 Å². The third-order valence-corrected chi connectivity index (χ3v) is 3.22. The van der Waals surface area contributed by atoms with E-state index in [-0.39, 0.29) is 4.90 Å². The number of aromatic amines is 1. The Labute approximate surface area is 80.9 Å². The summed E-state index contributed by atoms with van der Waals surface area (Å²) in [7, 11) is -3.58. The third-order valence-electron chi connectivity index (χ3n) is 2.00. The normalized spacial score (nSPS) is 12.1. The molecule has 0 amide bonds. The molecule has 0 radical (unpaired) electrons. The van der Waals surface area contributed by atoms with Gasteiger partial charge in [-0.05, 0) is 6.07 Å². The Morgan fingerprint density at radius 1 is 1.29 bits per heavy atom. The van der Waals surface area contributed by atoms with E-state index >= 15 is 0 Å². The van der Waals surface area contributed by atoms with Gasteiger partial charge in [-0.25, -0.2) is 8.42 Å². The maximum Gasteiger partial charge on any atom is 0.255 e. The minimum absolute atomic E-state index is 0.163. The predicted octanol–water partition coefficient (Wildman–Crippen LogP) is 0.320. The highest BCUT2D eigenvalue weighted by molar-refractivity contribution is 7.89. The Hall–Kier alpha value is -1.37. The molecule has 0 bridgehead atoms. The number of H-pyrrole nitrogens is 1. The molecule has 0 atom stereocenters. The minimum atomic E-state index is -3.58. The largest absolute Gasteiger partial charge is 0.360 e. The minimum Gasteiger partial charge on any atom is -0.360 e. The summed E-state index contributed by atoms with van der Waals surface area (Å²) >= 11 is 0. The second-order valence-corrected chi connectivity index (χ2v) is 4.50. The molecule has 1 aromatic carbocycles. The summed E-state index contributed by atoms with van der Waals surface area (Å²) in [6, 6.07) is 7.11. The van der Waals surface area contributed by atoms with Crippen LogP contribution in [0.3, 0.4) is 0 Å². The molecule has 0 spiro atoms. The lowest BCUT2D eigenvalue weighted by molar-refractivity contribution is 0.585. The van der Waals surface area contributed by atoms with Gasteiger partial charge >= 0.3 is 0 Å². The molecule has 0 unspecified atom stereocenters. The van der Waals surface area contributed by atoms with Crippen molar-refractivity contribution in [3.63, 3.8) is 0 Å². The fourth-order valence-electron chi connectivity index (χ4n) is 1.33. The van der Waals surface area contributed by atoms with Gasteiger partial charge in [-0.3, -0.25) is 5.84 Å². The molecule has 5 nitrogen and oxygen atoms in total. The van der Waals surface area contributed by atoms with Gasteiger partial charge in [-0.15, -0.1) is 4.83 Å². The fourth-order valence-corrected chi connectivity index (χ4v) is 2.14. The second kappa shape index (κ2) is 3.09. The number of benzene rings is 1. The van der Waals surface area contributed by atoms with E-state index in [0.717, 1.165) is 5.52 Å². The molecule has 0 saturated carbocycles. The summed E-state index contributed by atoms with van der Waals surface area (Å²) in [5.41, 5.74) is 0.765. The SMILES string of the molecule is NNS(=O)(=O)c1c[nH]c2ccccc12. The molecule has 74 valence electrons. The van der Waals surface area contributed by atoms with Crippen LogP contribution >= 0.6 is 0 Å². The molecular formula is C8H9N3O2S. The predicted molar refractivity (Wildman–Crippen MR) is 52.8 cm³/mol. The lowest BCUT2D eigenvalue weighted by atomic mass is 10.2. The van der Waals surface area contributed by atoms with Gasteiger partial charge in [0, 0.05) is 17.1 Å². The summed E-state index contributed by atoms with van der Waals surface area (Å²) in [5.74, 6) is 4.94. The molecule has 2 rings (SSSR count). The Kier molecular flexibility index (Phi) is 2.03. The van der Waals surface area contributed by atoms with Gasteiger partial charge in [-0.2, -0.15) is 0 Å². The molecule has 4 N–H and O–H groups in total. The number of nitrogens with two attached hydrogens (primary N) is 1. The standard InChI is InChI=1S/C8H9N3O2S/c9-11-14(12,13)8-5-10-7-4-2-1-3-6(7)8/h1-5,10-11H,9H2. The summed E-state index contributed by atoms with van der Waals surface area (Å²) < 4.78 is 22.8. The van der Waals surface area contributed by atoms with Crippen molar-refractivity contribution in [2.75, 3.05) is 0 Å². The van der Waals surface area contributed by atoms with E-state index in [1.54, 1.807) is 23.0 Å². The number of rotatable bonds is 2. The number of nitrogens with one attached hydrogen (secondary N) is 2. The van der Waals surface area contributed by atoms with E-state index < -0.39 is 10.0 Å². The molecule has 1 heterocycles. The average molecular weight is 211 g/mol. The van der Waals surface area contributed by atoms with E-state index in [9.17, 15) is 8.42 Å². The van der Waals surface area contributed by atoms with E-state index in [2.05, 4.69) is 4.98 Å². The first-order chi connectivity index (χ1) is 6.65. The monoisotopic (exact) mass is 211 g/mol. The van der Waals surface area contributed by atoms with Crippen LogP contribution in [0.1, 0.15) is 0 Å². The number of sulfonamides is 1. The highest BCUT2D eigenvalue weighted by Crippen LogP contribution is 2.21. The summed E-state index contributed by atoms with van der Waals surface area (Å²) in [6.45, 7) is 0. The van der Waals surface area contributed by atoms with Gasteiger partial charge in [0.1, 0.15) is 4.90 Å². The van der Waals surface area contributed by atoms with Crippen LogP contribution in [0, 0.1) is 0 Å². The van der Waals surface area contributed by atoms with Gasteiger partial charge in [-0.1, -0.05) is 18.2 Å². The number of fused-ring (bicyclic) bond motifs is 1. The molecule has 6 heteroatoms. The van der Waals surface area contributed by atoms with Gasteiger partial charge in [0.25, 0.3) is 10.0 Å². The Morgan fingerprint density at radius 3 is 2.71 bits per heavy atom. The van der Waals surface area contributed by atoms with E-state index in [1.165, 1.54) is 6.20 Å². The number of aromatic nitrogens is 1. The first kappa shape index (κ1) is 9.20. The van der Waals surface area contributed by atoms with Crippen LogP contribution in [0.2, 0.25) is 0 Å². The van der Waals surface area contributed by atoms with Crippen LogP contribution in [0.25, 0.3) is 10.9 Å². The fraction of sp³-hybridized carbons (Fsp3) is 0. The molecule has 1 aromatic heterocycles. The first-order valence-corrected chi connectivity index (χ1v) is 5.42. The first-order valence-electron chi connectivity index (χ1n) is 3.93. The van der Waals surface area contributed by atoms with Crippen molar-refractivity contribution in [2.24, 2.45) is 5.84 Å². The molecule has 0 aliphatic carbocycles. The number of hydrogen-bond acceptors (Lipinski definition) is 3. The van der Waals surface area contributed by atoms with Crippen LogP contribution in [-0.4, -0.2) is 13.4 Å².